The minimum Gasteiger partial charge on any atom is -0.480 e. The number of rotatable bonds is 10. The first-order valence-electron chi connectivity index (χ1n) is 8.05. The normalized spacial score (nSPS) is 11.7. The van der Waals surface area contributed by atoms with E-state index in [4.69, 9.17) is 10.8 Å². The van der Waals surface area contributed by atoms with Gasteiger partial charge in [0.15, 0.2) is 5.82 Å². The Bertz CT molecular complexity index is 761. The number of carbonyl (C=O) groups excluding carboxylic acids is 2. The van der Waals surface area contributed by atoms with Gasteiger partial charge in [0.2, 0.25) is 11.8 Å². The summed E-state index contributed by atoms with van der Waals surface area (Å²) >= 11 is 0. The SMILES string of the molecule is NC(=O)CCC(NC(=O)Cc1nnnn1CCc1ccccc1)C(=O)O. The number of hydrogen-bond donors (Lipinski definition) is 3. The molecule has 0 fully saturated rings. The zero-order valence-electron chi connectivity index (χ0n) is 14.0. The van der Waals surface area contributed by atoms with Gasteiger partial charge >= 0.3 is 5.97 Å². The zero-order valence-corrected chi connectivity index (χ0v) is 14.0. The Hall–Kier alpha value is -3.30. The molecule has 10 heteroatoms. The van der Waals surface area contributed by atoms with Crippen LogP contribution in [0, 0.1) is 0 Å². The topological polar surface area (TPSA) is 153 Å². The van der Waals surface area contributed by atoms with Gasteiger partial charge in [-0.2, -0.15) is 0 Å². The van der Waals surface area contributed by atoms with Crippen molar-refractivity contribution < 1.29 is 19.5 Å². The molecule has 2 rings (SSSR count). The Balaban J connectivity index is 1.91. The number of primary amides is 1. The molecule has 1 aromatic carbocycles. The van der Waals surface area contributed by atoms with E-state index in [2.05, 4.69) is 20.8 Å². The number of carbonyl (C=O) groups is 3. The fraction of sp³-hybridized carbons (Fsp3) is 0.375. The lowest BCUT2D eigenvalue weighted by atomic mass is 10.1. The van der Waals surface area contributed by atoms with E-state index in [0.29, 0.717) is 18.8 Å². The molecule has 0 spiro atoms. The smallest absolute Gasteiger partial charge is 0.326 e. The van der Waals surface area contributed by atoms with Crippen LogP contribution in [0.25, 0.3) is 0 Å². The molecule has 0 aliphatic carbocycles. The zero-order chi connectivity index (χ0) is 18.9. The van der Waals surface area contributed by atoms with E-state index < -0.39 is 23.8 Å². The quantitative estimate of drug-likeness (QED) is 0.506. The van der Waals surface area contributed by atoms with Crippen LogP contribution in [-0.4, -0.2) is 49.1 Å². The fourth-order valence-corrected chi connectivity index (χ4v) is 2.34. The number of aryl methyl sites for hydroxylation is 2. The molecule has 1 unspecified atom stereocenters. The summed E-state index contributed by atoms with van der Waals surface area (Å²) in [6.45, 7) is 0.490. The van der Waals surface area contributed by atoms with Gasteiger partial charge in [-0.1, -0.05) is 30.3 Å². The molecule has 0 aliphatic rings. The highest BCUT2D eigenvalue weighted by Crippen LogP contribution is 2.04. The highest BCUT2D eigenvalue weighted by atomic mass is 16.4. The molecule has 1 aromatic heterocycles. The van der Waals surface area contributed by atoms with Crippen LogP contribution in [0.5, 0.6) is 0 Å². The summed E-state index contributed by atoms with van der Waals surface area (Å²) in [5, 5.41) is 22.7. The predicted octanol–water partition coefficient (Wildman–Crippen LogP) is -0.707. The maximum absolute atomic E-state index is 12.1. The third kappa shape index (κ3) is 5.96. The van der Waals surface area contributed by atoms with E-state index in [1.165, 1.54) is 4.68 Å². The molecule has 0 bridgehead atoms. The molecule has 2 amide bonds. The molecular formula is C16H20N6O4. The van der Waals surface area contributed by atoms with E-state index in [0.717, 1.165) is 5.56 Å². The Kier molecular flexibility index (Phi) is 6.77. The number of aromatic nitrogens is 4. The van der Waals surface area contributed by atoms with Crippen molar-refractivity contribution in [1.29, 1.82) is 0 Å². The number of benzene rings is 1. The maximum atomic E-state index is 12.1. The number of nitrogens with zero attached hydrogens (tertiary/aromatic N) is 4. The highest BCUT2D eigenvalue weighted by Gasteiger charge is 2.21. The molecule has 1 atom stereocenters. The number of hydrogen-bond acceptors (Lipinski definition) is 6. The molecule has 10 nitrogen and oxygen atoms in total. The number of nitrogens with one attached hydrogen (secondary N) is 1. The first-order valence-corrected chi connectivity index (χ1v) is 8.05. The van der Waals surface area contributed by atoms with E-state index in [1.54, 1.807) is 0 Å². The van der Waals surface area contributed by atoms with Gasteiger partial charge in [0, 0.05) is 13.0 Å². The van der Waals surface area contributed by atoms with E-state index in [1.807, 2.05) is 30.3 Å². The Morgan fingerprint density at radius 3 is 2.62 bits per heavy atom. The second-order valence-electron chi connectivity index (χ2n) is 5.69. The van der Waals surface area contributed by atoms with Crippen molar-refractivity contribution in [2.45, 2.75) is 38.3 Å². The number of aliphatic carboxylic acids is 1. The summed E-state index contributed by atoms with van der Waals surface area (Å²) in [6, 6.07) is 8.56. The van der Waals surface area contributed by atoms with Crippen LogP contribution >= 0.6 is 0 Å². The Morgan fingerprint density at radius 2 is 1.96 bits per heavy atom. The molecular weight excluding hydrogens is 340 g/mol. The van der Waals surface area contributed by atoms with Crippen LogP contribution in [0.2, 0.25) is 0 Å². The third-order valence-electron chi connectivity index (χ3n) is 3.69. The van der Waals surface area contributed by atoms with E-state index >= 15 is 0 Å². The van der Waals surface area contributed by atoms with Crippen LogP contribution in [-0.2, 0) is 33.8 Å². The van der Waals surface area contributed by atoms with Gasteiger partial charge in [-0.05, 0) is 28.8 Å². The second kappa shape index (κ2) is 9.25. The van der Waals surface area contributed by atoms with Crippen molar-refractivity contribution in [3.63, 3.8) is 0 Å². The summed E-state index contributed by atoms with van der Waals surface area (Å²) in [4.78, 5) is 34.0. The third-order valence-corrected chi connectivity index (χ3v) is 3.69. The van der Waals surface area contributed by atoms with Gasteiger partial charge in [0.05, 0.1) is 6.42 Å². The number of tetrazole rings is 1. The molecule has 1 heterocycles. The van der Waals surface area contributed by atoms with Crippen molar-refractivity contribution in [3.05, 3.63) is 41.7 Å². The molecule has 26 heavy (non-hydrogen) atoms. The summed E-state index contributed by atoms with van der Waals surface area (Å²) in [7, 11) is 0. The van der Waals surface area contributed by atoms with Crippen LogP contribution in [0.1, 0.15) is 24.2 Å². The van der Waals surface area contributed by atoms with Gasteiger partial charge in [-0.15, -0.1) is 5.10 Å². The lowest BCUT2D eigenvalue weighted by Gasteiger charge is -2.13. The van der Waals surface area contributed by atoms with Crippen LogP contribution in [0.4, 0.5) is 0 Å². The number of amides is 2. The molecule has 0 aliphatic heterocycles. The Morgan fingerprint density at radius 1 is 1.23 bits per heavy atom. The monoisotopic (exact) mass is 360 g/mol. The molecule has 138 valence electrons. The first-order chi connectivity index (χ1) is 12.5. The van der Waals surface area contributed by atoms with Gasteiger partial charge in [-0.3, -0.25) is 9.59 Å². The predicted molar refractivity (Wildman–Crippen MR) is 89.7 cm³/mol. The summed E-state index contributed by atoms with van der Waals surface area (Å²) in [5.74, 6) is -2.08. The van der Waals surface area contributed by atoms with Crippen molar-refractivity contribution >= 4 is 17.8 Å². The van der Waals surface area contributed by atoms with Crippen LogP contribution in [0.3, 0.4) is 0 Å². The fourth-order valence-electron chi connectivity index (χ4n) is 2.34. The maximum Gasteiger partial charge on any atom is 0.326 e. The van der Waals surface area contributed by atoms with Crippen molar-refractivity contribution in [2.24, 2.45) is 5.73 Å². The molecule has 0 radical (unpaired) electrons. The Labute approximate surface area is 149 Å². The average Bonchev–Trinajstić information content (AvgIpc) is 3.04. The van der Waals surface area contributed by atoms with Crippen molar-refractivity contribution in [2.75, 3.05) is 0 Å². The van der Waals surface area contributed by atoms with E-state index in [-0.39, 0.29) is 19.3 Å². The lowest BCUT2D eigenvalue weighted by molar-refractivity contribution is -0.142. The van der Waals surface area contributed by atoms with Crippen molar-refractivity contribution in [1.82, 2.24) is 25.5 Å². The van der Waals surface area contributed by atoms with Crippen molar-refractivity contribution in [3.8, 4) is 0 Å². The number of carboxylic acids is 1. The van der Waals surface area contributed by atoms with Gasteiger partial charge in [0.25, 0.3) is 0 Å². The molecule has 0 saturated heterocycles. The largest absolute Gasteiger partial charge is 0.480 e. The lowest BCUT2D eigenvalue weighted by Crippen LogP contribution is -2.42. The van der Waals surface area contributed by atoms with Gasteiger partial charge < -0.3 is 16.2 Å². The minimum atomic E-state index is -1.23. The second-order valence-corrected chi connectivity index (χ2v) is 5.69. The van der Waals surface area contributed by atoms with E-state index in [9.17, 15) is 14.4 Å². The number of nitrogens with two attached hydrogens (primary N) is 1. The minimum absolute atomic E-state index is 0.0741. The summed E-state index contributed by atoms with van der Waals surface area (Å²) in [5.41, 5.74) is 6.12. The molecule has 0 saturated carbocycles. The highest BCUT2D eigenvalue weighted by molar-refractivity contribution is 5.85. The molecule has 2 aromatic rings. The first kappa shape index (κ1) is 19.0. The van der Waals surface area contributed by atoms with Gasteiger partial charge in [-0.25, -0.2) is 9.48 Å². The summed E-state index contributed by atoms with van der Waals surface area (Å²) < 4.78 is 1.51. The number of carboxylic acid groups (broad SMARTS) is 1. The average molecular weight is 360 g/mol. The van der Waals surface area contributed by atoms with Crippen LogP contribution in [0.15, 0.2) is 30.3 Å². The van der Waals surface area contributed by atoms with Gasteiger partial charge in [0.1, 0.15) is 6.04 Å². The van der Waals surface area contributed by atoms with Crippen LogP contribution < -0.4 is 11.1 Å². The standard InChI is InChI=1S/C16H20N6O4/c17-13(23)7-6-12(16(25)26)18-15(24)10-14-19-20-21-22(14)9-8-11-4-2-1-3-5-11/h1-5,12H,6-10H2,(H2,17,23)(H,18,24)(H,25,26). The summed E-state index contributed by atoms with van der Waals surface area (Å²) in [6.07, 6.45) is 0.320. The molecule has 4 N–H and O–H groups in total.